The zero-order valence-corrected chi connectivity index (χ0v) is 14.4. The van der Waals surface area contributed by atoms with Gasteiger partial charge >= 0.3 is 23.7 Å². The van der Waals surface area contributed by atoms with Crippen LogP contribution in [0, 0.1) is 27.0 Å². The molecular weight excluding hydrogens is 336 g/mol. The first-order chi connectivity index (χ1) is 12.5. The maximum absolute atomic E-state index is 12.6. The van der Waals surface area contributed by atoms with Gasteiger partial charge in [0, 0.05) is 18.8 Å². The fraction of sp³-hybridized carbons (Fsp3) is 0.294. The van der Waals surface area contributed by atoms with Crippen LogP contribution < -0.4 is 15.8 Å². The summed E-state index contributed by atoms with van der Waals surface area (Å²) in [5, 5.41) is 9.10. The van der Waals surface area contributed by atoms with Gasteiger partial charge in [0.05, 0.1) is 6.57 Å². The van der Waals surface area contributed by atoms with Gasteiger partial charge in [-0.1, -0.05) is 29.3 Å². The number of aliphatic hydroxyl groups excluding tert-OH is 1. The molecule has 0 spiro atoms. The molecule has 2 rings (SSSR count). The van der Waals surface area contributed by atoms with E-state index in [0.29, 0.717) is 18.7 Å². The van der Waals surface area contributed by atoms with Crippen LogP contribution in [-0.2, 0) is 0 Å². The quantitative estimate of drug-likeness (QED) is 0.546. The summed E-state index contributed by atoms with van der Waals surface area (Å²) in [5.41, 5.74) is 7.59. The van der Waals surface area contributed by atoms with Crippen molar-refractivity contribution in [1.82, 2.24) is 10.4 Å². The van der Waals surface area contributed by atoms with Gasteiger partial charge in [0.15, 0.2) is 0 Å². The molecule has 0 aliphatic rings. The summed E-state index contributed by atoms with van der Waals surface area (Å²) in [6.45, 7) is 18.0. The monoisotopic (exact) mass is 354 g/mol. The molecule has 0 saturated heterocycles. The third kappa shape index (κ3) is 4.29. The summed E-state index contributed by atoms with van der Waals surface area (Å²) in [6, 6.07) is 5.05. The lowest BCUT2D eigenvalue weighted by Gasteiger charge is -2.24. The highest BCUT2D eigenvalue weighted by molar-refractivity contribution is 5.93. The summed E-state index contributed by atoms with van der Waals surface area (Å²) >= 11 is 0. The lowest BCUT2D eigenvalue weighted by atomic mass is 10.1. The number of aromatic nitrogens is 1. The molecule has 0 fully saturated rings. The minimum absolute atomic E-state index is 0.0510. The number of oxazole rings is 1. The van der Waals surface area contributed by atoms with E-state index in [-0.39, 0.29) is 24.3 Å². The Morgan fingerprint density at radius 1 is 1.35 bits per heavy atom. The van der Waals surface area contributed by atoms with Gasteiger partial charge in [-0.05, 0) is 31.9 Å². The van der Waals surface area contributed by atoms with Crippen LogP contribution >= 0.6 is 0 Å². The first kappa shape index (κ1) is 18.8. The number of aliphatic hydroxyl groups is 1. The molecule has 0 saturated carbocycles. The van der Waals surface area contributed by atoms with Crippen LogP contribution in [0.5, 0.6) is 0 Å². The molecule has 26 heavy (non-hydrogen) atoms. The van der Waals surface area contributed by atoms with Gasteiger partial charge in [-0.25, -0.2) is 20.5 Å². The Bertz CT molecular complexity index is 846. The van der Waals surface area contributed by atoms with Crippen LogP contribution in [0.3, 0.4) is 0 Å². The van der Waals surface area contributed by atoms with E-state index in [1.165, 1.54) is 4.90 Å². The number of benzene rings is 1. The van der Waals surface area contributed by atoms with E-state index in [9.17, 15) is 4.79 Å². The highest BCUT2D eigenvalue weighted by Gasteiger charge is 2.20. The molecule has 0 aliphatic carbocycles. The molecule has 0 radical (unpaired) electrons. The van der Waals surface area contributed by atoms with Crippen molar-refractivity contribution < 1.29 is 14.3 Å². The second-order valence-corrected chi connectivity index (χ2v) is 5.45. The van der Waals surface area contributed by atoms with Crippen LogP contribution in [0.25, 0.3) is 9.69 Å². The van der Waals surface area contributed by atoms with E-state index in [2.05, 4.69) is 25.5 Å². The second kappa shape index (κ2) is 8.51. The van der Waals surface area contributed by atoms with E-state index in [1.54, 1.807) is 0 Å². The molecule has 134 valence electrons. The number of hydrogen-bond donors (Lipinski definition) is 3. The van der Waals surface area contributed by atoms with Gasteiger partial charge in [0.2, 0.25) is 0 Å². The topological polar surface area (TPSA) is 99.4 Å². The molecule has 3 N–H and O–H groups in total. The number of aryl methyl sites for hydroxylation is 2. The number of hydrazine groups is 1. The predicted molar refractivity (Wildman–Crippen MR) is 96.1 cm³/mol. The number of rotatable bonds is 6. The molecule has 0 bridgehead atoms. The second-order valence-electron chi connectivity index (χ2n) is 5.45. The van der Waals surface area contributed by atoms with Crippen molar-refractivity contribution >= 4 is 29.4 Å². The van der Waals surface area contributed by atoms with E-state index in [0.717, 1.165) is 11.1 Å². The Balaban J connectivity index is 2.15. The van der Waals surface area contributed by atoms with Crippen molar-refractivity contribution in [1.29, 1.82) is 0 Å². The first-order valence-corrected chi connectivity index (χ1v) is 7.77. The molecule has 1 heterocycles. The Labute approximate surface area is 150 Å². The van der Waals surface area contributed by atoms with Crippen LogP contribution in [-0.4, -0.2) is 29.3 Å². The molecule has 0 atom stereocenters. The summed E-state index contributed by atoms with van der Waals surface area (Å²) < 4.78 is 5.05. The first-order valence-electron chi connectivity index (χ1n) is 7.77. The van der Waals surface area contributed by atoms with Crippen molar-refractivity contribution in [3.05, 3.63) is 52.2 Å². The minimum atomic E-state index is -0.489. The normalized spacial score (nSPS) is 9.88. The molecule has 0 unspecified atom stereocenters. The number of carbonyl (C=O) groups excluding carboxylic acids is 1. The Morgan fingerprint density at radius 2 is 2.12 bits per heavy atom. The third-order valence-electron chi connectivity index (χ3n) is 3.50. The van der Waals surface area contributed by atoms with Gasteiger partial charge < -0.3 is 14.4 Å². The van der Waals surface area contributed by atoms with E-state index < -0.39 is 6.03 Å². The number of anilines is 2. The Kier molecular flexibility index (Phi) is 6.15. The fourth-order valence-electron chi connectivity index (χ4n) is 2.35. The third-order valence-corrected chi connectivity index (χ3v) is 3.50. The number of carbonyl (C=O) groups is 1. The standard InChI is InChI=1S/C17H18N6O3/c1-11-6-7-13(12(2)10-11)23(8-5-9-24)17(25)22-21-16-20-14(18-3)15(19-4)26-16/h6-7,10,24H,5,8-9H2,1-2H3,(H,20,21)(H,22,25). The van der Waals surface area contributed by atoms with Gasteiger partial charge in [-0.3, -0.25) is 4.90 Å². The SMILES string of the molecule is [C-]#[N+]c1nc(NNC(=O)N(CCCO)c2ccc(C)cc2C)oc1[N+]#[C-]. The van der Waals surface area contributed by atoms with Gasteiger partial charge in [-0.2, -0.15) is 0 Å². The number of hydrogen-bond acceptors (Lipinski definition) is 5. The number of urea groups is 1. The van der Waals surface area contributed by atoms with E-state index in [1.807, 2.05) is 32.0 Å². The lowest BCUT2D eigenvalue weighted by Crippen LogP contribution is -2.43. The van der Waals surface area contributed by atoms with Crippen molar-refractivity contribution in [2.24, 2.45) is 0 Å². The average molecular weight is 354 g/mol. The maximum atomic E-state index is 12.6. The molecular formula is C17H18N6O3. The maximum Gasteiger partial charge on any atom is 0.398 e. The fourth-order valence-corrected chi connectivity index (χ4v) is 2.35. The Hall–Kier alpha value is -3.56. The number of amides is 2. The van der Waals surface area contributed by atoms with Crippen LogP contribution in [0.4, 0.5) is 28.2 Å². The van der Waals surface area contributed by atoms with Crippen molar-refractivity contribution in [3.63, 3.8) is 0 Å². The summed E-state index contributed by atoms with van der Waals surface area (Å²) in [7, 11) is 0. The Morgan fingerprint density at radius 3 is 2.69 bits per heavy atom. The van der Waals surface area contributed by atoms with Crippen molar-refractivity contribution in [2.75, 3.05) is 23.5 Å². The van der Waals surface area contributed by atoms with Crippen LogP contribution in [0.1, 0.15) is 17.5 Å². The van der Waals surface area contributed by atoms with Crippen molar-refractivity contribution in [3.8, 4) is 0 Å². The highest BCUT2D eigenvalue weighted by Crippen LogP contribution is 2.30. The van der Waals surface area contributed by atoms with Gasteiger partial charge in [0.25, 0.3) is 0 Å². The zero-order valence-electron chi connectivity index (χ0n) is 14.4. The minimum Gasteiger partial charge on any atom is -0.439 e. The zero-order chi connectivity index (χ0) is 19.1. The van der Waals surface area contributed by atoms with Crippen LogP contribution in [0.2, 0.25) is 0 Å². The van der Waals surface area contributed by atoms with Gasteiger partial charge in [0.1, 0.15) is 0 Å². The predicted octanol–water partition coefficient (Wildman–Crippen LogP) is 3.32. The molecule has 2 aromatic rings. The van der Waals surface area contributed by atoms with Crippen molar-refractivity contribution in [2.45, 2.75) is 20.3 Å². The average Bonchev–Trinajstić information content (AvgIpc) is 3.04. The number of nitrogens with zero attached hydrogens (tertiary/aromatic N) is 4. The molecule has 2 amide bonds. The summed E-state index contributed by atoms with van der Waals surface area (Å²) in [4.78, 5) is 23.9. The molecule has 0 aliphatic heterocycles. The summed E-state index contributed by atoms with van der Waals surface area (Å²) in [5.74, 6) is -0.425. The van der Waals surface area contributed by atoms with Gasteiger partial charge in [-0.15, -0.1) is 0 Å². The van der Waals surface area contributed by atoms with E-state index in [4.69, 9.17) is 22.7 Å². The lowest BCUT2D eigenvalue weighted by molar-refractivity contribution is 0.245. The molecule has 1 aromatic carbocycles. The molecule has 9 heteroatoms. The van der Waals surface area contributed by atoms with Crippen LogP contribution in [0.15, 0.2) is 22.6 Å². The molecule has 9 nitrogen and oxygen atoms in total. The number of nitrogens with one attached hydrogen (secondary N) is 2. The highest BCUT2D eigenvalue weighted by atomic mass is 16.4. The summed E-state index contributed by atoms with van der Waals surface area (Å²) in [6.07, 6.45) is 0.406. The van der Waals surface area contributed by atoms with E-state index >= 15 is 0 Å². The largest absolute Gasteiger partial charge is 0.439 e. The smallest absolute Gasteiger partial charge is 0.398 e. The molecule has 1 aromatic heterocycles.